The molecule has 1 aromatic carbocycles. The Labute approximate surface area is 144 Å². The summed E-state index contributed by atoms with van der Waals surface area (Å²) >= 11 is 0. The van der Waals surface area contributed by atoms with Crippen LogP contribution in [-0.4, -0.2) is 47.8 Å². The summed E-state index contributed by atoms with van der Waals surface area (Å²) in [5.41, 5.74) is 1.99. The molecule has 0 unspecified atom stereocenters. The van der Waals surface area contributed by atoms with E-state index in [1.165, 1.54) is 24.8 Å². The van der Waals surface area contributed by atoms with Gasteiger partial charge in [-0.25, -0.2) is 0 Å². The monoisotopic (exact) mass is 328 g/mol. The molecule has 0 bridgehead atoms. The first kappa shape index (κ1) is 17.0. The maximum absolute atomic E-state index is 12.6. The minimum Gasteiger partial charge on any atom is -0.339 e. The lowest BCUT2D eigenvalue weighted by atomic mass is 9.88. The second-order valence-corrected chi connectivity index (χ2v) is 7.00. The molecule has 1 aromatic rings. The number of piperazine rings is 1. The van der Waals surface area contributed by atoms with Gasteiger partial charge in [0.25, 0.3) is 5.91 Å². The molecule has 4 nitrogen and oxygen atoms in total. The summed E-state index contributed by atoms with van der Waals surface area (Å²) in [7, 11) is 0. The first-order valence-corrected chi connectivity index (χ1v) is 9.36. The van der Waals surface area contributed by atoms with Crippen LogP contribution in [0.15, 0.2) is 24.3 Å². The van der Waals surface area contributed by atoms with Gasteiger partial charge in [0.2, 0.25) is 5.91 Å². The SMILES string of the molecule is CCc1ccc(C(=O)N2CCN(C(=O)C3CCCCC3)CC2)cc1. The third-order valence-electron chi connectivity index (χ3n) is 5.44. The van der Waals surface area contributed by atoms with Crippen LogP contribution in [-0.2, 0) is 11.2 Å². The van der Waals surface area contributed by atoms with Crippen LogP contribution in [0.1, 0.15) is 54.9 Å². The highest BCUT2D eigenvalue weighted by atomic mass is 16.2. The molecule has 1 saturated carbocycles. The first-order valence-electron chi connectivity index (χ1n) is 9.36. The van der Waals surface area contributed by atoms with Crippen molar-refractivity contribution in [3.05, 3.63) is 35.4 Å². The summed E-state index contributed by atoms with van der Waals surface area (Å²) in [6.07, 6.45) is 6.70. The summed E-state index contributed by atoms with van der Waals surface area (Å²) < 4.78 is 0. The van der Waals surface area contributed by atoms with Crippen LogP contribution in [0.4, 0.5) is 0 Å². The van der Waals surface area contributed by atoms with Crippen LogP contribution in [0.25, 0.3) is 0 Å². The van der Waals surface area contributed by atoms with Gasteiger partial charge >= 0.3 is 0 Å². The fourth-order valence-corrected chi connectivity index (χ4v) is 3.80. The van der Waals surface area contributed by atoms with Crippen molar-refractivity contribution in [2.24, 2.45) is 5.92 Å². The molecule has 0 atom stereocenters. The second-order valence-electron chi connectivity index (χ2n) is 7.00. The highest BCUT2D eigenvalue weighted by Crippen LogP contribution is 2.26. The van der Waals surface area contributed by atoms with Crippen LogP contribution in [0, 0.1) is 5.92 Å². The number of hydrogen-bond acceptors (Lipinski definition) is 2. The van der Waals surface area contributed by atoms with Crippen LogP contribution in [0.2, 0.25) is 0 Å². The van der Waals surface area contributed by atoms with E-state index in [1.807, 2.05) is 34.1 Å². The Morgan fingerprint density at radius 3 is 2.08 bits per heavy atom. The smallest absolute Gasteiger partial charge is 0.253 e. The van der Waals surface area contributed by atoms with Crippen molar-refractivity contribution >= 4 is 11.8 Å². The fraction of sp³-hybridized carbons (Fsp3) is 0.600. The summed E-state index contributed by atoms with van der Waals surface area (Å²) in [6.45, 7) is 4.75. The molecule has 0 N–H and O–H groups in total. The van der Waals surface area contributed by atoms with Crippen LogP contribution in [0.3, 0.4) is 0 Å². The number of nitrogens with zero attached hydrogens (tertiary/aromatic N) is 2. The zero-order valence-corrected chi connectivity index (χ0v) is 14.7. The average Bonchev–Trinajstić information content (AvgIpc) is 2.68. The third-order valence-corrected chi connectivity index (χ3v) is 5.44. The molecule has 1 saturated heterocycles. The molecule has 2 aliphatic rings. The van der Waals surface area contributed by atoms with Crippen molar-refractivity contribution in [1.82, 2.24) is 9.80 Å². The van der Waals surface area contributed by atoms with E-state index in [4.69, 9.17) is 0 Å². The highest BCUT2D eigenvalue weighted by Gasteiger charge is 2.29. The van der Waals surface area contributed by atoms with Crippen molar-refractivity contribution in [3.63, 3.8) is 0 Å². The quantitative estimate of drug-likeness (QED) is 0.855. The summed E-state index contributed by atoms with van der Waals surface area (Å²) in [6, 6.07) is 7.88. The van der Waals surface area contributed by atoms with Gasteiger partial charge in [-0.3, -0.25) is 9.59 Å². The highest BCUT2D eigenvalue weighted by molar-refractivity contribution is 5.94. The maximum Gasteiger partial charge on any atom is 0.253 e. The average molecular weight is 328 g/mol. The van der Waals surface area contributed by atoms with Gasteiger partial charge in [-0.2, -0.15) is 0 Å². The topological polar surface area (TPSA) is 40.6 Å². The van der Waals surface area contributed by atoms with E-state index in [-0.39, 0.29) is 11.8 Å². The first-order chi connectivity index (χ1) is 11.7. The van der Waals surface area contributed by atoms with Crippen LogP contribution >= 0.6 is 0 Å². The molecule has 0 aromatic heterocycles. The molecule has 4 heteroatoms. The molecular weight excluding hydrogens is 300 g/mol. The van der Waals surface area contributed by atoms with E-state index < -0.39 is 0 Å². The second kappa shape index (κ2) is 7.82. The normalized spacial score (nSPS) is 19.4. The van der Waals surface area contributed by atoms with E-state index in [0.29, 0.717) is 32.1 Å². The van der Waals surface area contributed by atoms with E-state index in [0.717, 1.165) is 24.8 Å². The van der Waals surface area contributed by atoms with Gasteiger partial charge in [0.15, 0.2) is 0 Å². The number of hydrogen-bond donors (Lipinski definition) is 0. The molecule has 0 radical (unpaired) electrons. The largest absolute Gasteiger partial charge is 0.339 e. The summed E-state index contributed by atoms with van der Waals surface area (Å²) in [5.74, 6) is 0.624. The molecular formula is C20H28N2O2. The van der Waals surface area contributed by atoms with Crippen LogP contribution < -0.4 is 0 Å². The molecule has 1 aliphatic heterocycles. The van der Waals surface area contributed by atoms with E-state index >= 15 is 0 Å². The number of benzene rings is 1. The van der Waals surface area contributed by atoms with Crippen molar-refractivity contribution in [2.75, 3.05) is 26.2 Å². The minimum atomic E-state index is 0.0856. The molecule has 24 heavy (non-hydrogen) atoms. The zero-order valence-electron chi connectivity index (χ0n) is 14.7. The Kier molecular flexibility index (Phi) is 5.54. The van der Waals surface area contributed by atoms with Gasteiger partial charge in [-0.1, -0.05) is 38.3 Å². The van der Waals surface area contributed by atoms with Gasteiger partial charge in [-0.05, 0) is 37.0 Å². The molecule has 1 heterocycles. The molecule has 3 rings (SSSR count). The predicted molar refractivity (Wildman–Crippen MR) is 94.9 cm³/mol. The lowest BCUT2D eigenvalue weighted by molar-refractivity contribution is -0.138. The van der Waals surface area contributed by atoms with E-state index in [1.54, 1.807) is 0 Å². The lowest BCUT2D eigenvalue weighted by Crippen LogP contribution is -2.52. The van der Waals surface area contributed by atoms with Crippen LogP contribution in [0.5, 0.6) is 0 Å². The summed E-state index contributed by atoms with van der Waals surface area (Å²) in [5, 5.41) is 0. The predicted octanol–water partition coefficient (Wildman–Crippen LogP) is 3.11. The van der Waals surface area contributed by atoms with Gasteiger partial charge in [0.1, 0.15) is 0 Å². The van der Waals surface area contributed by atoms with E-state index in [2.05, 4.69) is 6.92 Å². The number of aryl methyl sites for hydroxylation is 1. The number of carbonyl (C=O) groups is 2. The minimum absolute atomic E-state index is 0.0856. The van der Waals surface area contributed by atoms with E-state index in [9.17, 15) is 9.59 Å². The Hall–Kier alpha value is -1.84. The van der Waals surface area contributed by atoms with Crippen molar-refractivity contribution in [3.8, 4) is 0 Å². The van der Waals surface area contributed by atoms with Gasteiger partial charge in [-0.15, -0.1) is 0 Å². The zero-order chi connectivity index (χ0) is 16.9. The fourth-order valence-electron chi connectivity index (χ4n) is 3.80. The summed E-state index contributed by atoms with van der Waals surface area (Å²) in [4.78, 5) is 29.0. The third kappa shape index (κ3) is 3.80. The Bertz CT molecular complexity index is 568. The molecule has 130 valence electrons. The molecule has 1 aliphatic carbocycles. The Balaban J connectivity index is 1.54. The van der Waals surface area contributed by atoms with Gasteiger partial charge in [0.05, 0.1) is 0 Å². The van der Waals surface area contributed by atoms with Gasteiger partial charge in [0, 0.05) is 37.7 Å². The number of amides is 2. The number of rotatable bonds is 3. The Morgan fingerprint density at radius 1 is 0.917 bits per heavy atom. The van der Waals surface area contributed by atoms with Gasteiger partial charge < -0.3 is 9.80 Å². The lowest BCUT2D eigenvalue weighted by Gasteiger charge is -2.37. The Morgan fingerprint density at radius 2 is 1.50 bits per heavy atom. The molecule has 2 amide bonds. The maximum atomic E-state index is 12.6. The number of carbonyl (C=O) groups excluding carboxylic acids is 2. The molecule has 0 spiro atoms. The standard InChI is InChI=1S/C20H28N2O2/c1-2-16-8-10-18(11-9-16)20(24)22-14-12-21(13-15-22)19(23)17-6-4-3-5-7-17/h8-11,17H,2-7,12-15H2,1H3. The van der Waals surface area contributed by atoms with Crippen molar-refractivity contribution < 1.29 is 9.59 Å². The molecule has 2 fully saturated rings. The van der Waals surface area contributed by atoms with Crippen molar-refractivity contribution in [2.45, 2.75) is 45.4 Å². The van der Waals surface area contributed by atoms with Crippen molar-refractivity contribution in [1.29, 1.82) is 0 Å².